The molecule has 0 aromatic heterocycles. The molecular formula is C18H25FN2O3. The molecule has 0 unspecified atom stereocenters. The average molecular weight is 336 g/mol. The molecule has 0 bridgehead atoms. The molecule has 1 aromatic carbocycles. The maximum absolute atomic E-state index is 13.6. The van der Waals surface area contributed by atoms with Crippen LogP contribution in [0.3, 0.4) is 0 Å². The van der Waals surface area contributed by atoms with E-state index in [4.69, 9.17) is 4.74 Å². The van der Waals surface area contributed by atoms with Crippen molar-refractivity contribution in [1.82, 2.24) is 9.80 Å². The first-order chi connectivity index (χ1) is 11.5. The van der Waals surface area contributed by atoms with Crippen LogP contribution in [0.25, 0.3) is 0 Å². The summed E-state index contributed by atoms with van der Waals surface area (Å²) in [5.41, 5.74) is 0.747. The third kappa shape index (κ3) is 3.13. The van der Waals surface area contributed by atoms with E-state index in [-0.39, 0.29) is 29.5 Å². The second kappa shape index (κ2) is 6.69. The standard InChI is InChI=1S/C18H25FN2O3/c1-13(23)21-6-5-15-9-20(10-18(15,11-21)12-22)8-14-3-4-16(19)17(7-14)24-2/h3-4,7,15,22H,5-6,8-12H2,1-2H3/t15-,18-/m0/s1. The van der Waals surface area contributed by atoms with Gasteiger partial charge in [0.2, 0.25) is 5.91 Å². The molecular weight excluding hydrogens is 311 g/mol. The predicted octanol–water partition coefficient (Wildman–Crippen LogP) is 1.50. The molecule has 0 radical (unpaired) electrons. The van der Waals surface area contributed by atoms with E-state index >= 15 is 0 Å². The molecule has 132 valence electrons. The van der Waals surface area contributed by atoms with Crippen molar-refractivity contribution in [3.63, 3.8) is 0 Å². The minimum Gasteiger partial charge on any atom is -0.494 e. The first-order valence-electron chi connectivity index (χ1n) is 8.38. The van der Waals surface area contributed by atoms with Crippen LogP contribution in [-0.2, 0) is 11.3 Å². The lowest BCUT2D eigenvalue weighted by molar-refractivity contribution is -0.134. The Morgan fingerprint density at radius 1 is 1.46 bits per heavy atom. The number of fused-ring (bicyclic) bond motifs is 1. The average Bonchev–Trinajstić information content (AvgIpc) is 2.94. The van der Waals surface area contributed by atoms with E-state index in [2.05, 4.69) is 4.90 Å². The number of aliphatic hydroxyl groups excluding tert-OH is 1. The number of methoxy groups -OCH3 is 1. The molecule has 2 atom stereocenters. The van der Waals surface area contributed by atoms with Gasteiger partial charge in [-0.1, -0.05) is 6.07 Å². The Morgan fingerprint density at radius 2 is 2.25 bits per heavy atom. The molecule has 3 rings (SSSR count). The summed E-state index contributed by atoms with van der Waals surface area (Å²) in [7, 11) is 1.46. The van der Waals surface area contributed by atoms with E-state index < -0.39 is 0 Å². The van der Waals surface area contributed by atoms with Crippen molar-refractivity contribution in [2.45, 2.75) is 19.9 Å². The van der Waals surface area contributed by atoms with Gasteiger partial charge in [0, 0.05) is 45.1 Å². The van der Waals surface area contributed by atoms with Crippen LogP contribution in [0.2, 0.25) is 0 Å². The first-order valence-corrected chi connectivity index (χ1v) is 8.38. The van der Waals surface area contributed by atoms with Crippen molar-refractivity contribution >= 4 is 5.91 Å². The van der Waals surface area contributed by atoms with Crippen molar-refractivity contribution < 1.29 is 19.0 Å². The smallest absolute Gasteiger partial charge is 0.219 e. The van der Waals surface area contributed by atoms with Crippen LogP contribution in [-0.4, -0.2) is 60.7 Å². The van der Waals surface area contributed by atoms with Gasteiger partial charge in [-0.3, -0.25) is 9.69 Å². The van der Waals surface area contributed by atoms with Crippen LogP contribution in [0.5, 0.6) is 5.75 Å². The highest BCUT2D eigenvalue weighted by Crippen LogP contribution is 2.42. The summed E-state index contributed by atoms with van der Waals surface area (Å²) in [6.45, 7) is 5.39. The number of nitrogens with zero attached hydrogens (tertiary/aromatic N) is 2. The second-order valence-corrected chi connectivity index (χ2v) is 7.09. The number of carbonyl (C=O) groups excluding carboxylic acids is 1. The molecule has 2 heterocycles. The molecule has 0 aliphatic carbocycles. The number of ether oxygens (including phenoxy) is 1. The van der Waals surface area contributed by atoms with E-state index in [1.807, 2.05) is 4.90 Å². The largest absolute Gasteiger partial charge is 0.494 e. The van der Waals surface area contributed by atoms with Crippen LogP contribution in [0.15, 0.2) is 18.2 Å². The summed E-state index contributed by atoms with van der Waals surface area (Å²) in [6.07, 6.45) is 0.920. The van der Waals surface area contributed by atoms with E-state index in [1.54, 1.807) is 19.1 Å². The Hall–Kier alpha value is -1.66. The molecule has 2 fully saturated rings. The molecule has 0 spiro atoms. The fraction of sp³-hybridized carbons (Fsp3) is 0.611. The third-order valence-electron chi connectivity index (χ3n) is 5.52. The number of hydrogen-bond donors (Lipinski definition) is 1. The zero-order chi connectivity index (χ0) is 17.3. The molecule has 0 saturated carbocycles. The highest BCUT2D eigenvalue weighted by atomic mass is 19.1. The Kier molecular flexibility index (Phi) is 4.78. The monoisotopic (exact) mass is 336 g/mol. The summed E-state index contributed by atoms with van der Waals surface area (Å²) in [4.78, 5) is 15.8. The Balaban J connectivity index is 1.73. The number of halogens is 1. The third-order valence-corrected chi connectivity index (χ3v) is 5.52. The SMILES string of the molecule is COc1cc(CN2C[C@@H]3CCN(C(C)=O)C[C@]3(CO)C2)ccc1F. The zero-order valence-electron chi connectivity index (χ0n) is 14.3. The molecule has 1 aromatic rings. The van der Waals surface area contributed by atoms with Crippen molar-refractivity contribution in [2.24, 2.45) is 11.3 Å². The van der Waals surface area contributed by atoms with Crippen LogP contribution in [0.1, 0.15) is 18.9 Å². The number of rotatable bonds is 4. The van der Waals surface area contributed by atoms with Gasteiger partial charge in [0.05, 0.1) is 13.7 Å². The first kappa shape index (κ1) is 17.2. The van der Waals surface area contributed by atoms with E-state index in [0.717, 1.165) is 31.6 Å². The fourth-order valence-corrected chi connectivity index (χ4v) is 4.17. The van der Waals surface area contributed by atoms with E-state index in [1.165, 1.54) is 13.2 Å². The molecule has 1 amide bonds. The Morgan fingerprint density at radius 3 is 2.92 bits per heavy atom. The minimum absolute atomic E-state index is 0.0722. The highest BCUT2D eigenvalue weighted by molar-refractivity contribution is 5.73. The van der Waals surface area contributed by atoms with Gasteiger partial charge in [0.25, 0.3) is 0 Å². The van der Waals surface area contributed by atoms with Crippen molar-refractivity contribution in [1.29, 1.82) is 0 Å². The molecule has 2 aliphatic heterocycles. The summed E-state index contributed by atoms with van der Waals surface area (Å²) in [5.74, 6) is 0.354. The molecule has 2 aliphatic rings. The summed E-state index contributed by atoms with van der Waals surface area (Å²) in [5, 5.41) is 10.0. The van der Waals surface area contributed by atoms with Gasteiger partial charge >= 0.3 is 0 Å². The number of hydrogen-bond acceptors (Lipinski definition) is 4. The van der Waals surface area contributed by atoms with Gasteiger partial charge in [-0.25, -0.2) is 4.39 Å². The number of aliphatic hydroxyl groups is 1. The molecule has 24 heavy (non-hydrogen) atoms. The van der Waals surface area contributed by atoms with Crippen LogP contribution >= 0.6 is 0 Å². The van der Waals surface area contributed by atoms with Gasteiger partial charge in [-0.2, -0.15) is 0 Å². The van der Waals surface area contributed by atoms with E-state index in [9.17, 15) is 14.3 Å². The normalized spacial score (nSPS) is 27.2. The zero-order valence-corrected chi connectivity index (χ0v) is 14.3. The summed E-state index contributed by atoms with van der Waals surface area (Å²) >= 11 is 0. The number of benzene rings is 1. The maximum Gasteiger partial charge on any atom is 0.219 e. The second-order valence-electron chi connectivity index (χ2n) is 7.09. The van der Waals surface area contributed by atoms with Crippen LogP contribution in [0, 0.1) is 17.2 Å². The van der Waals surface area contributed by atoms with Crippen LogP contribution < -0.4 is 4.74 Å². The lowest BCUT2D eigenvalue weighted by atomic mass is 9.74. The number of amides is 1. The quantitative estimate of drug-likeness (QED) is 0.905. The molecule has 1 N–H and O–H groups in total. The fourth-order valence-electron chi connectivity index (χ4n) is 4.17. The summed E-state index contributed by atoms with van der Waals surface area (Å²) < 4.78 is 18.6. The molecule has 6 heteroatoms. The van der Waals surface area contributed by atoms with Gasteiger partial charge in [-0.05, 0) is 30.0 Å². The van der Waals surface area contributed by atoms with Gasteiger partial charge < -0.3 is 14.7 Å². The number of carbonyl (C=O) groups is 1. The Bertz CT molecular complexity index is 624. The lowest BCUT2D eigenvalue weighted by Crippen LogP contribution is -2.52. The van der Waals surface area contributed by atoms with Gasteiger partial charge in [-0.15, -0.1) is 0 Å². The van der Waals surface area contributed by atoms with Crippen molar-refractivity contribution in [2.75, 3.05) is 39.9 Å². The highest BCUT2D eigenvalue weighted by Gasteiger charge is 2.49. The number of piperidine rings is 1. The van der Waals surface area contributed by atoms with Crippen molar-refractivity contribution in [3.8, 4) is 5.75 Å². The van der Waals surface area contributed by atoms with Gasteiger partial charge in [0.15, 0.2) is 11.6 Å². The summed E-state index contributed by atoms with van der Waals surface area (Å²) in [6, 6.07) is 4.93. The topological polar surface area (TPSA) is 53.0 Å². The van der Waals surface area contributed by atoms with Crippen LogP contribution in [0.4, 0.5) is 4.39 Å². The molecule has 5 nitrogen and oxygen atoms in total. The minimum atomic E-state index is -0.361. The predicted molar refractivity (Wildman–Crippen MR) is 88.1 cm³/mol. The maximum atomic E-state index is 13.6. The van der Waals surface area contributed by atoms with E-state index in [0.29, 0.717) is 19.0 Å². The molecule has 2 saturated heterocycles. The number of likely N-dealkylation sites (tertiary alicyclic amines) is 2. The Labute approximate surface area is 142 Å². The van der Waals surface area contributed by atoms with Gasteiger partial charge in [0.1, 0.15) is 0 Å². The lowest BCUT2D eigenvalue weighted by Gasteiger charge is -2.42. The van der Waals surface area contributed by atoms with Crippen molar-refractivity contribution in [3.05, 3.63) is 29.6 Å².